The molecule has 5 aromatic rings. The molecule has 0 heterocycles. The molecule has 0 aliphatic carbocycles. The van der Waals surface area contributed by atoms with E-state index in [1.54, 1.807) is 24.3 Å². The van der Waals surface area contributed by atoms with Gasteiger partial charge in [0, 0.05) is 45.5 Å². The van der Waals surface area contributed by atoms with Gasteiger partial charge in [0.05, 0.1) is 37.6 Å². The number of hydrogen-bond donors (Lipinski definition) is 4. The van der Waals surface area contributed by atoms with Gasteiger partial charge >= 0.3 is 0 Å². The Balaban J connectivity index is 1.33. The first-order valence-corrected chi connectivity index (χ1v) is 28.1. The summed E-state index contributed by atoms with van der Waals surface area (Å²) >= 11 is 0. The molecule has 76 heavy (non-hydrogen) atoms. The highest BCUT2D eigenvalue weighted by Crippen LogP contribution is 2.30. The number of hydrogen-bond acceptors (Lipinski definition) is 8. The van der Waals surface area contributed by atoms with Gasteiger partial charge in [0.25, 0.3) is 0 Å². The van der Waals surface area contributed by atoms with E-state index in [2.05, 4.69) is 61.2 Å². The van der Waals surface area contributed by atoms with Gasteiger partial charge in [-0.1, -0.05) is 177 Å². The van der Waals surface area contributed by atoms with Crippen LogP contribution in [0.3, 0.4) is 0 Å². The lowest BCUT2D eigenvalue weighted by Crippen LogP contribution is -2.21. The summed E-state index contributed by atoms with van der Waals surface area (Å²) < 4.78 is 24.2. The highest BCUT2D eigenvalue weighted by molar-refractivity contribution is 5.61. The predicted molar refractivity (Wildman–Crippen MR) is 308 cm³/mol. The van der Waals surface area contributed by atoms with Crippen LogP contribution in [0, 0.1) is 47.4 Å². The molecule has 0 saturated carbocycles. The van der Waals surface area contributed by atoms with Crippen molar-refractivity contribution in [1.29, 1.82) is 0 Å². The minimum Gasteiger partial charge on any atom is -0.492 e. The minimum atomic E-state index is -0.921. The molecule has 4 N–H and O–H groups in total. The maximum atomic E-state index is 9.58. The summed E-state index contributed by atoms with van der Waals surface area (Å²) in [6.07, 6.45) is 23.1. The Kier molecular flexibility index (Phi) is 29.5. The van der Waals surface area contributed by atoms with Crippen LogP contribution in [-0.2, 0) is 0 Å². The normalized spacial score (nSPS) is 11.3. The van der Waals surface area contributed by atoms with Crippen LogP contribution < -0.4 is 18.9 Å². The molecule has 0 aromatic heterocycles. The standard InChI is InChI=1S/C68H82O8/c1-3-5-7-9-11-13-15-17-19-21-47-73-67-49-62(42-36-58-31-25-56(26-32-58)28-34-60-39-45-66(46-40-60)76-54-64(72)52-70)68(74-48-22-20-18-16-14-12-10-8-6-4-2)50-61(67)41-35-57-29-23-55(24-30-57)27-33-59-37-43-65(44-38-59)75-53-63(71)51-69/h23-26,29-32,37-40,43-46,49-50,63-64,69-72H,3-22,47-48,51-54H2,1-2H3. The van der Waals surface area contributed by atoms with Gasteiger partial charge in [0.1, 0.15) is 48.4 Å². The average Bonchev–Trinajstić information content (AvgIpc) is 3.45. The highest BCUT2D eigenvalue weighted by atomic mass is 16.5. The zero-order chi connectivity index (χ0) is 53.7. The summed E-state index contributed by atoms with van der Waals surface area (Å²) in [5.41, 5.74) is 6.58. The topological polar surface area (TPSA) is 118 Å². The quantitative estimate of drug-likeness (QED) is 0.0249. The maximum Gasteiger partial charge on any atom is 0.136 e. The largest absolute Gasteiger partial charge is 0.492 e. The van der Waals surface area contributed by atoms with Crippen LogP contribution in [-0.4, -0.2) is 72.3 Å². The Morgan fingerprint density at radius 2 is 0.579 bits per heavy atom. The number of rotatable bonds is 32. The summed E-state index contributed by atoms with van der Waals surface area (Å²) in [5, 5.41) is 37.3. The zero-order valence-electron chi connectivity index (χ0n) is 45.4. The van der Waals surface area contributed by atoms with Crippen molar-refractivity contribution < 1.29 is 39.4 Å². The molecule has 0 radical (unpaired) electrons. The summed E-state index contributed by atoms with van der Waals surface area (Å²) in [5.74, 6) is 29.1. The number of ether oxygens (including phenoxy) is 4. The van der Waals surface area contributed by atoms with E-state index >= 15 is 0 Å². The molecule has 5 rings (SSSR count). The lowest BCUT2D eigenvalue weighted by molar-refractivity contribution is 0.0536. The third kappa shape index (κ3) is 24.8. The Morgan fingerprint density at radius 3 is 0.855 bits per heavy atom. The van der Waals surface area contributed by atoms with E-state index in [0.29, 0.717) is 36.2 Å². The fourth-order valence-electron chi connectivity index (χ4n) is 8.14. The molecular weight excluding hydrogens is 945 g/mol. The van der Waals surface area contributed by atoms with Crippen molar-refractivity contribution in [3.8, 4) is 70.4 Å². The molecule has 2 unspecified atom stereocenters. The number of benzene rings is 5. The van der Waals surface area contributed by atoms with Crippen LogP contribution in [0.1, 0.15) is 187 Å². The lowest BCUT2D eigenvalue weighted by Gasteiger charge is -2.14. The fraction of sp³-hybridized carbons (Fsp3) is 0.441. The van der Waals surface area contributed by atoms with Crippen molar-refractivity contribution in [2.24, 2.45) is 0 Å². The molecule has 0 spiro atoms. The Bertz CT molecular complexity index is 2460. The predicted octanol–water partition coefficient (Wildman–Crippen LogP) is 13.3. The summed E-state index contributed by atoms with van der Waals surface area (Å²) in [7, 11) is 0. The van der Waals surface area contributed by atoms with Crippen molar-refractivity contribution >= 4 is 0 Å². The van der Waals surface area contributed by atoms with Gasteiger partial charge in [-0.2, -0.15) is 0 Å². The molecule has 0 bridgehead atoms. The van der Waals surface area contributed by atoms with Gasteiger partial charge < -0.3 is 39.4 Å². The van der Waals surface area contributed by atoms with Crippen LogP contribution in [0.4, 0.5) is 0 Å². The molecule has 402 valence electrons. The van der Waals surface area contributed by atoms with Gasteiger partial charge in [0.2, 0.25) is 0 Å². The van der Waals surface area contributed by atoms with Gasteiger partial charge in [-0.25, -0.2) is 0 Å². The SMILES string of the molecule is CCCCCCCCCCCCOc1cc(C#Cc2ccc(C#Cc3ccc(OCC(O)CO)cc3)cc2)c(OCCCCCCCCCCCC)cc1C#Cc1ccc(C#Cc2ccc(OCC(O)CO)cc2)cc1. The van der Waals surface area contributed by atoms with Crippen LogP contribution >= 0.6 is 0 Å². The monoisotopic (exact) mass is 1030 g/mol. The van der Waals surface area contributed by atoms with Gasteiger partial charge in [-0.05, 0) is 110 Å². The van der Waals surface area contributed by atoms with Crippen molar-refractivity contribution in [2.45, 2.75) is 154 Å². The van der Waals surface area contributed by atoms with E-state index in [4.69, 9.17) is 29.2 Å². The molecule has 0 saturated heterocycles. The van der Waals surface area contributed by atoms with Crippen LogP contribution in [0.15, 0.2) is 109 Å². The molecular formula is C68H82O8. The van der Waals surface area contributed by atoms with E-state index in [-0.39, 0.29) is 26.4 Å². The van der Waals surface area contributed by atoms with Crippen LogP contribution in [0.5, 0.6) is 23.0 Å². The average molecular weight is 1030 g/mol. The zero-order valence-corrected chi connectivity index (χ0v) is 45.4. The van der Waals surface area contributed by atoms with Crippen molar-refractivity contribution in [1.82, 2.24) is 0 Å². The highest BCUT2D eigenvalue weighted by Gasteiger charge is 2.12. The van der Waals surface area contributed by atoms with E-state index in [1.807, 2.05) is 84.9 Å². The Morgan fingerprint density at radius 1 is 0.329 bits per heavy atom. The molecule has 2 atom stereocenters. The molecule has 0 aliphatic heterocycles. The second kappa shape index (κ2) is 37.2. The summed E-state index contributed by atoms with van der Waals surface area (Å²) in [6, 6.07) is 34.4. The molecule has 8 nitrogen and oxygen atoms in total. The molecule has 0 aliphatic rings. The summed E-state index contributed by atoms with van der Waals surface area (Å²) in [6.45, 7) is 5.04. The first-order chi connectivity index (χ1) is 37.3. The lowest BCUT2D eigenvalue weighted by atomic mass is 10.1. The second-order valence-corrected chi connectivity index (χ2v) is 19.4. The first kappa shape index (κ1) is 60.2. The van der Waals surface area contributed by atoms with E-state index in [0.717, 1.165) is 70.2 Å². The fourth-order valence-corrected chi connectivity index (χ4v) is 8.14. The number of unbranched alkanes of at least 4 members (excludes halogenated alkanes) is 18. The van der Waals surface area contributed by atoms with Crippen LogP contribution in [0.25, 0.3) is 0 Å². The van der Waals surface area contributed by atoms with Crippen molar-refractivity contribution in [3.05, 3.63) is 154 Å². The van der Waals surface area contributed by atoms with Crippen LogP contribution in [0.2, 0.25) is 0 Å². The molecule has 0 fully saturated rings. The van der Waals surface area contributed by atoms with Gasteiger partial charge in [-0.15, -0.1) is 0 Å². The molecule has 5 aromatic carbocycles. The molecule has 0 amide bonds. The second-order valence-electron chi connectivity index (χ2n) is 19.4. The van der Waals surface area contributed by atoms with E-state index < -0.39 is 12.2 Å². The third-order valence-corrected chi connectivity index (χ3v) is 12.8. The maximum absolute atomic E-state index is 9.58. The first-order valence-electron chi connectivity index (χ1n) is 28.1. The smallest absolute Gasteiger partial charge is 0.136 e. The van der Waals surface area contributed by atoms with E-state index in [1.165, 1.54) is 103 Å². The van der Waals surface area contributed by atoms with Gasteiger partial charge in [0.15, 0.2) is 0 Å². The van der Waals surface area contributed by atoms with Crippen molar-refractivity contribution in [2.75, 3.05) is 39.6 Å². The third-order valence-electron chi connectivity index (χ3n) is 12.8. The number of aliphatic hydroxyl groups excluding tert-OH is 4. The molecule has 8 heteroatoms. The summed E-state index contributed by atoms with van der Waals surface area (Å²) in [4.78, 5) is 0. The van der Waals surface area contributed by atoms with Crippen molar-refractivity contribution in [3.63, 3.8) is 0 Å². The Labute approximate surface area is 455 Å². The number of aliphatic hydroxyl groups is 4. The Hall–Kier alpha value is -6.62. The van der Waals surface area contributed by atoms with Gasteiger partial charge in [-0.3, -0.25) is 0 Å². The van der Waals surface area contributed by atoms with E-state index in [9.17, 15) is 10.2 Å². The minimum absolute atomic E-state index is 0.0205.